The first-order chi connectivity index (χ1) is 7.20. The van der Waals surface area contributed by atoms with Crippen LogP contribution < -0.4 is 10.4 Å². The molecule has 0 spiro atoms. The molecule has 1 saturated heterocycles. The van der Waals surface area contributed by atoms with Crippen molar-refractivity contribution in [2.24, 2.45) is 0 Å². The third-order valence-electron chi connectivity index (χ3n) is 2.53. The van der Waals surface area contributed by atoms with Gasteiger partial charge >= 0.3 is 0 Å². The molecule has 1 aromatic carbocycles. The predicted molar refractivity (Wildman–Crippen MR) is 61.0 cm³/mol. The molecule has 3 nitrogen and oxygen atoms in total. The summed E-state index contributed by atoms with van der Waals surface area (Å²) in [5, 5.41) is 2.56. The molecule has 4 heteroatoms. The van der Waals surface area contributed by atoms with Gasteiger partial charge in [-0.25, -0.2) is 5.43 Å². The molecule has 0 aromatic heterocycles. The number of hydrazine groups is 1. The number of halogens is 1. The van der Waals surface area contributed by atoms with Crippen molar-refractivity contribution >= 4 is 23.6 Å². The van der Waals surface area contributed by atoms with Crippen LogP contribution in [0.4, 0.5) is 5.69 Å². The van der Waals surface area contributed by atoms with Gasteiger partial charge in [0.25, 0.3) is 0 Å². The van der Waals surface area contributed by atoms with Crippen molar-refractivity contribution < 1.29 is 4.79 Å². The lowest BCUT2D eigenvalue weighted by Crippen LogP contribution is -2.39. The summed E-state index contributed by atoms with van der Waals surface area (Å²) in [5.74, 6) is 0. The molecule has 0 aliphatic carbocycles. The van der Waals surface area contributed by atoms with Gasteiger partial charge in [0.2, 0.25) is 0 Å². The van der Waals surface area contributed by atoms with Gasteiger partial charge in [0, 0.05) is 11.1 Å². The summed E-state index contributed by atoms with van der Waals surface area (Å²) < 4.78 is 0. The van der Waals surface area contributed by atoms with E-state index < -0.39 is 0 Å². The maximum atomic E-state index is 10.9. The second-order valence-electron chi connectivity index (χ2n) is 3.82. The molecule has 2 unspecified atom stereocenters. The first-order valence-electron chi connectivity index (χ1n) is 4.97. The Balaban J connectivity index is 2.26. The molecule has 2 atom stereocenters. The van der Waals surface area contributed by atoms with E-state index in [9.17, 15) is 4.79 Å². The van der Waals surface area contributed by atoms with E-state index in [-0.39, 0.29) is 6.04 Å². The summed E-state index contributed by atoms with van der Waals surface area (Å²) in [4.78, 5) is 10.9. The van der Waals surface area contributed by atoms with Gasteiger partial charge < -0.3 is 4.79 Å². The number of carbonyl (C=O) groups is 1. The molecule has 1 aliphatic heterocycles. The molecule has 0 radical (unpaired) electrons. The van der Waals surface area contributed by atoms with Crippen LogP contribution in [0, 0.1) is 0 Å². The Bertz CT molecular complexity index is 369. The van der Waals surface area contributed by atoms with Crippen molar-refractivity contribution in [1.82, 2.24) is 5.43 Å². The number of carbonyl (C=O) groups excluding carboxylic acids is 1. The van der Waals surface area contributed by atoms with Gasteiger partial charge in [0.1, 0.15) is 12.3 Å². The van der Waals surface area contributed by atoms with Crippen LogP contribution >= 0.6 is 11.6 Å². The summed E-state index contributed by atoms with van der Waals surface area (Å²) >= 11 is 5.91. The highest BCUT2D eigenvalue weighted by Gasteiger charge is 2.28. The lowest BCUT2D eigenvalue weighted by molar-refractivity contribution is -0.108. The fraction of sp³-hybridized carbons (Fsp3) is 0.364. The van der Waals surface area contributed by atoms with Crippen LogP contribution in [0.15, 0.2) is 24.3 Å². The smallest absolute Gasteiger partial charge is 0.144 e. The Labute approximate surface area is 94.0 Å². The average Bonchev–Trinajstić information content (AvgIpc) is 2.59. The van der Waals surface area contributed by atoms with Gasteiger partial charge in [-0.05, 0) is 31.5 Å². The molecular formula is C11H13ClN2O. The van der Waals surface area contributed by atoms with E-state index in [1.807, 2.05) is 29.3 Å². The summed E-state index contributed by atoms with van der Waals surface area (Å²) in [6, 6.07) is 7.71. The van der Waals surface area contributed by atoms with Crippen molar-refractivity contribution in [2.75, 3.05) is 5.01 Å². The number of aldehydes is 1. The van der Waals surface area contributed by atoms with Crippen molar-refractivity contribution in [3.05, 3.63) is 29.3 Å². The van der Waals surface area contributed by atoms with Crippen molar-refractivity contribution in [2.45, 2.75) is 25.4 Å². The maximum Gasteiger partial charge on any atom is 0.144 e. The summed E-state index contributed by atoms with van der Waals surface area (Å²) in [6.07, 6.45) is 1.80. The summed E-state index contributed by atoms with van der Waals surface area (Å²) in [6.45, 7) is 2.06. The first kappa shape index (κ1) is 10.5. The second kappa shape index (κ2) is 4.21. The standard InChI is InChI=1S/C11H13ClN2O/c1-8-5-11(7-15)14(13-8)10-4-2-3-9(12)6-10/h2-4,6-8,11,13H,5H2,1H3. The summed E-state index contributed by atoms with van der Waals surface area (Å²) in [7, 11) is 0. The molecule has 0 bridgehead atoms. The molecule has 1 aromatic rings. The van der Waals surface area contributed by atoms with Crippen molar-refractivity contribution in [3.63, 3.8) is 0 Å². The Morgan fingerprint density at radius 1 is 1.60 bits per heavy atom. The zero-order chi connectivity index (χ0) is 10.8. The first-order valence-corrected chi connectivity index (χ1v) is 5.35. The Morgan fingerprint density at radius 3 is 3.07 bits per heavy atom. The second-order valence-corrected chi connectivity index (χ2v) is 4.26. The third-order valence-corrected chi connectivity index (χ3v) is 2.76. The highest BCUT2D eigenvalue weighted by Crippen LogP contribution is 2.24. The molecule has 15 heavy (non-hydrogen) atoms. The van der Waals surface area contributed by atoms with Crippen LogP contribution in [0.25, 0.3) is 0 Å². The van der Waals surface area contributed by atoms with Gasteiger partial charge in [0.05, 0.1) is 5.69 Å². The van der Waals surface area contributed by atoms with Gasteiger partial charge in [-0.1, -0.05) is 17.7 Å². The van der Waals surface area contributed by atoms with E-state index >= 15 is 0 Å². The Kier molecular flexibility index (Phi) is 2.93. The van der Waals surface area contributed by atoms with E-state index in [4.69, 9.17) is 11.6 Å². The molecule has 0 amide bonds. The Morgan fingerprint density at radius 2 is 2.40 bits per heavy atom. The number of rotatable bonds is 2. The minimum atomic E-state index is -0.0986. The number of hydrogen-bond donors (Lipinski definition) is 1. The van der Waals surface area contributed by atoms with Crippen LogP contribution in [0.3, 0.4) is 0 Å². The number of nitrogens with one attached hydrogen (secondary N) is 1. The quantitative estimate of drug-likeness (QED) is 0.780. The van der Waals surface area contributed by atoms with Crippen LogP contribution in [0.1, 0.15) is 13.3 Å². The van der Waals surface area contributed by atoms with E-state index in [0.29, 0.717) is 11.1 Å². The molecule has 2 rings (SSSR count). The van der Waals surface area contributed by atoms with Crippen molar-refractivity contribution in [1.29, 1.82) is 0 Å². The number of nitrogens with zero attached hydrogens (tertiary/aromatic N) is 1. The maximum absolute atomic E-state index is 10.9. The molecule has 1 fully saturated rings. The third kappa shape index (κ3) is 2.13. The monoisotopic (exact) mass is 224 g/mol. The fourth-order valence-corrected chi connectivity index (χ4v) is 2.05. The highest BCUT2D eigenvalue weighted by molar-refractivity contribution is 6.30. The fourth-order valence-electron chi connectivity index (χ4n) is 1.86. The number of benzene rings is 1. The van der Waals surface area contributed by atoms with Crippen LogP contribution in [-0.4, -0.2) is 18.4 Å². The molecule has 0 saturated carbocycles. The predicted octanol–water partition coefficient (Wildman–Crippen LogP) is 2.01. The highest BCUT2D eigenvalue weighted by atomic mass is 35.5. The van der Waals surface area contributed by atoms with E-state index in [1.54, 1.807) is 0 Å². The van der Waals surface area contributed by atoms with Gasteiger partial charge in [-0.3, -0.25) is 5.01 Å². The molecule has 1 aliphatic rings. The molecule has 1 N–H and O–H groups in total. The van der Waals surface area contributed by atoms with Gasteiger partial charge in [-0.15, -0.1) is 0 Å². The lowest BCUT2D eigenvalue weighted by atomic mass is 10.1. The minimum Gasteiger partial charge on any atom is -0.301 e. The summed E-state index contributed by atoms with van der Waals surface area (Å²) in [5.41, 5.74) is 4.18. The number of anilines is 1. The van der Waals surface area contributed by atoms with E-state index in [0.717, 1.165) is 18.4 Å². The topological polar surface area (TPSA) is 32.3 Å². The minimum absolute atomic E-state index is 0.0986. The largest absolute Gasteiger partial charge is 0.301 e. The van der Waals surface area contributed by atoms with Crippen LogP contribution in [0.5, 0.6) is 0 Å². The molecule has 80 valence electrons. The van der Waals surface area contributed by atoms with Crippen LogP contribution in [-0.2, 0) is 4.79 Å². The van der Waals surface area contributed by atoms with Crippen molar-refractivity contribution in [3.8, 4) is 0 Å². The van der Waals surface area contributed by atoms with E-state index in [2.05, 4.69) is 12.3 Å². The molecule has 1 heterocycles. The average molecular weight is 225 g/mol. The normalized spacial score (nSPS) is 25.6. The molecular weight excluding hydrogens is 212 g/mol. The SMILES string of the molecule is CC1CC(C=O)N(c2cccc(Cl)c2)N1. The van der Waals surface area contributed by atoms with Gasteiger partial charge in [-0.2, -0.15) is 0 Å². The number of hydrogen-bond acceptors (Lipinski definition) is 3. The van der Waals surface area contributed by atoms with E-state index in [1.165, 1.54) is 0 Å². The van der Waals surface area contributed by atoms with Crippen LogP contribution in [0.2, 0.25) is 5.02 Å². The lowest BCUT2D eigenvalue weighted by Gasteiger charge is -2.22. The Hall–Kier alpha value is -1.06. The zero-order valence-corrected chi connectivity index (χ0v) is 9.24. The zero-order valence-electron chi connectivity index (χ0n) is 8.48. The van der Waals surface area contributed by atoms with Gasteiger partial charge in [0.15, 0.2) is 0 Å².